The molecule has 1 N–H and O–H groups in total. The van der Waals surface area contributed by atoms with E-state index in [-0.39, 0.29) is 12.0 Å². The number of benzene rings is 1. The fourth-order valence-corrected chi connectivity index (χ4v) is 1.53. The molecule has 2 rings (SSSR count). The zero-order chi connectivity index (χ0) is 13.8. The number of ether oxygens (including phenoxy) is 2. The second-order valence-corrected chi connectivity index (χ2v) is 4.12. The quantitative estimate of drug-likeness (QED) is 0.928. The third-order valence-corrected chi connectivity index (χ3v) is 2.60. The number of anilines is 1. The van der Waals surface area contributed by atoms with Crippen molar-refractivity contribution >= 4 is 17.5 Å². The van der Waals surface area contributed by atoms with Gasteiger partial charge in [-0.25, -0.2) is 0 Å². The van der Waals surface area contributed by atoms with Crippen molar-refractivity contribution in [3.63, 3.8) is 0 Å². The van der Waals surface area contributed by atoms with Gasteiger partial charge in [-0.15, -0.1) is 4.98 Å². The molecule has 0 saturated carbocycles. The van der Waals surface area contributed by atoms with Gasteiger partial charge in [0.1, 0.15) is 5.75 Å². The SMILES string of the molecule is CNc1nc(OC)nc(Oc2cc(C)ccc2Cl)n1. The largest absolute Gasteiger partial charge is 0.467 e. The smallest absolute Gasteiger partial charge is 0.330 e. The Morgan fingerprint density at radius 2 is 1.89 bits per heavy atom. The highest BCUT2D eigenvalue weighted by Gasteiger charge is 2.10. The maximum atomic E-state index is 6.05. The fourth-order valence-electron chi connectivity index (χ4n) is 1.37. The molecule has 0 unspecified atom stereocenters. The van der Waals surface area contributed by atoms with Gasteiger partial charge in [-0.05, 0) is 24.6 Å². The highest BCUT2D eigenvalue weighted by Crippen LogP contribution is 2.29. The van der Waals surface area contributed by atoms with E-state index in [4.69, 9.17) is 21.1 Å². The molecular formula is C12H13ClN4O2. The Morgan fingerprint density at radius 3 is 2.58 bits per heavy atom. The van der Waals surface area contributed by atoms with Crippen LogP contribution in [0.4, 0.5) is 5.95 Å². The fraction of sp³-hybridized carbons (Fsp3) is 0.250. The summed E-state index contributed by atoms with van der Waals surface area (Å²) in [6.45, 7) is 1.94. The van der Waals surface area contributed by atoms with Crippen LogP contribution in [0.2, 0.25) is 5.02 Å². The van der Waals surface area contributed by atoms with Crippen LogP contribution in [-0.2, 0) is 0 Å². The van der Waals surface area contributed by atoms with Gasteiger partial charge in [-0.1, -0.05) is 17.7 Å². The second kappa shape index (κ2) is 5.71. The summed E-state index contributed by atoms with van der Waals surface area (Å²) in [6.07, 6.45) is 0. The minimum absolute atomic E-state index is 0.115. The molecule has 0 amide bonds. The van der Waals surface area contributed by atoms with Crippen molar-refractivity contribution in [1.29, 1.82) is 0 Å². The third-order valence-electron chi connectivity index (χ3n) is 2.29. The highest BCUT2D eigenvalue weighted by atomic mass is 35.5. The Morgan fingerprint density at radius 1 is 1.16 bits per heavy atom. The number of hydrogen-bond donors (Lipinski definition) is 1. The van der Waals surface area contributed by atoms with E-state index < -0.39 is 0 Å². The topological polar surface area (TPSA) is 69.2 Å². The number of hydrogen-bond acceptors (Lipinski definition) is 6. The van der Waals surface area contributed by atoms with E-state index in [1.807, 2.05) is 13.0 Å². The Balaban J connectivity index is 2.34. The predicted molar refractivity (Wildman–Crippen MR) is 72.2 cm³/mol. The van der Waals surface area contributed by atoms with Gasteiger partial charge in [0, 0.05) is 7.05 Å². The first-order valence-electron chi connectivity index (χ1n) is 5.54. The standard InChI is InChI=1S/C12H13ClN4O2/c1-7-4-5-8(13)9(6-7)19-12-16-10(14-2)15-11(17-12)18-3/h4-6H,1-3H3,(H,14,15,16,17). The minimum atomic E-state index is 0.115. The first-order chi connectivity index (χ1) is 9.12. The molecule has 0 spiro atoms. The molecule has 0 bridgehead atoms. The van der Waals surface area contributed by atoms with Crippen LogP contribution in [0.5, 0.6) is 17.8 Å². The third kappa shape index (κ3) is 3.23. The van der Waals surface area contributed by atoms with Crippen LogP contribution in [0.3, 0.4) is 0 Å². The van der Waals surface area contributed by atoms with Crippen molar-refractivity contribution in [3.05, 3.63) is 28.8 Å². The second-order valence-electron chi connectivity index (χ2n) is 3.71. The summed E-state index contributed by atoms with van der Waals surface area (Å²) in [5, 5.41) is 3.28. The molecule has 1 heterocycles. The van der Waals surface area contributed by atoms with Crippen molar-refractivity contribution < 1.29 is 9.47 Å². The summed E-state index contributed by atoms with van der Waals surface area (Å²) in [5.41, 5.74) is 1.02. The summed E-state index contributed by atoms with van der Waals surface area (Å²) < 4.78 is 10.5. The van der Waals surface area contributed by atoms with E-state index >= 15 is 0 Å². The zero-order valence-corrected chi connectivity index (χ0v) is 11.5. The number of methoxy groups -OCH3 is 1. The van der Waals surface area contributed by atoms with Gasteiger partial charge in [0.2, 0.25) is 5.95 Å². The van der Waals surface area contributed by atoms with Crippen LogP contribution in [0, 0.1) is 6.92 Å². The van der Waals surface area contributed by atoms with Crippen LogP contribution < -0.4 is 14.8 Å². The van der Waals surface area contributed by atoms with Crippen molar-refractivity contribution in [2.75, 3.05) is 19.5 Å². The predicted octanol–water partition coefficient (Wildman–Crippen LogP) is 2.68. The Hall–Kier alpha value is -2.08. The molecule has 1 aromatic heterocycles. The van der Waals surface area contributed by atoms with Crippen LogP contribution in [0.25, 0.3) is 0 Å². The molecule has 0 fully saturated rings. The van der Waals surface area contributed by atoms with Crippen LogP contribution >= 0.6 is 11.6 Å². The Labute approximate surface area is 115 Å². The van der Waals surface area contributed by atoms with E-state index in [0.29, 0.717) is 16.7 Å². The highest BCUT2D eigenvalue weighted by molar-refractivity contribution is 6.32. The van der Waals surface area contributed by atoms with Gasteiger partial charge in [0.05, 0.1) is 12.1 Å². The lowest BCUT2D eigenvalue weighted by molar-refractivity contribution is 0.360. The molecule has 1 aromatic carbocycles. The maximum absolute atomic E-state index is 6.05. The summed E-state index contributed by atoms with van der Waals surface area (Å²) in [7, 11) is 3.16. The van der Waals surface area contributed by atoms with Crippen LogP contribution in [0.15, 0.2) is 18.2 Å². The van der Waals surface area contributed by atoms with Gasteiger partial charge >= 0.3 is 12.0 Å². The molecule has 0 aliphatic rings. The number of aromatic nitrogens is 3. The molecule has 0 radical (unpaired) electrons. The molecule has 2 aromatic rings. The molecule has 19 heavy (non-hydrogen) atoms. The molecular weight excluding hydrogens is 268 g/mol. The summed E-state index contributed by atoms with van der Waals surface area (Å²) >= 11 is 6.05. The molecule has 0 aliphatic carbocycles. The molecule has 100 valence electrons. The van der Waals surface area contributed by atoms with E-state index in [2.05, 4.69) is 20.3 Å². The summed E-state index contributed by atoms with van der Waals surface area (Å²) in [6, 6.07) is 5.73. The lowest BCUT2D eigenvalue weighted by Crippen LogP contribution is -2.03. The summed E-state index contributed by atoms with van der Waals surface area (Å²) in [5.74, 6) is 0.836. The number of rotatable bonds is 4. The van der Waals surface area contributed by atoms with Gasteiger partial charge in [-0.2, -0.15) is 9.97 Å². The minimum Gasteiger partial charge on any atom is -0.467 e. The zero-order valence-electron chi connectivity index (χ0n) is 10.8. The van der Waals surface area contributed by atoms with E-state index in [1.165, 1.54) is 7.11 Å². The average molecular weight is 281 g/mol. The number of aryl methyl sites for hydroxylation is 1. The molecule has 7 heteroatoms. The van der Waals surface area contributed by atoms with Gasteiger partial charge in [0.25, 0.3) is 0 Å². The molecule has 0 aliphatic heterocycles. The first-order valence-corrected chi connectivity index (χ1v) is 5.92. The number of halogens is 1. The van der Waals surface area contributed by atoms with Crippen molar-refractivity contribution in [1.82, 2.24) is 15.0 Å². The molecule has 6 nitrogen and oxygen atoms in total. The lowest BCUT2D eigenvalue weighted by Gasteiger charge is -2.08. The van der Waals surface area contributed by atoms with Crippen LogP contribution in [-0.4, -0.2) is 29.1 Å². The number of nitrogens with zero attached hydrogens (tertiary/aromatic N) is 3. The lowest BCUT2D eigenvalue weighted by atomic mass is 10.2. The van der Waals surface area contributed by atoms with Gasteiger partial charge in [0.15, 0.2) is 0 Å². The first kappa shape index (κ1) is 13.4. The van der Waals surface area contributed by atoms with Crippen LogP contribution in [0.1, 0.15) is 5.56 Å². The average Bonchev–Trinajstić information content (AvgIpc) is 2.42. The van der Waals surface area contributed by atoms with E-state index in [0.717, 1.165) is 5.56 Å². The van der Waals surface area contributed by atoms with E-state index in [1.54, 1.807) is 19.2 Å². The maximum Gasteiger partial charge on any atom is 0.330 e. The van der Waals surface area contributed by atoms with Crippen molar-refractivity contribution in [3.8, 4) is 17.8 Å². The van der Waals surface area contributed by atoms with Gasteiger partial charge < -0.3 is 14.8 Å². The van der Waals surface area contributed by atoms with E-state index in [9.17, 15) is 0 Å². The van der Waals surface area contributed by atoms with Gasteiger partial charge in [-0.3, -0.25) is 0 Å². The number of nitrogens with one attached hydrogen (secondary N) is 1. The Bertz CT molecular complexity index is 570. The summed E-state index contributed by atoms with van der Waals surface area (Å²) in [4.78, 5) is 12.1. The Kier molecular flexibility index (Phi) is 4.01. The normalized spacial score (nSPS) is 10.1. The van der Waals surface area contributed by atoms with Crippen molar-refractivity contribution in [2.45, 2.75) is 6.92 Å². The molecule has 0 atom stereocenters. The monoisotopic (exact) mass is 280 g/mol. The molecule has 0 saturated heterocycles. The van der Waals surface area contributed by atoms with Crippen molar-refractivity contribution in [2.24, 2.45) is 0 Å².